The zero-order valence-electron chi connectivity index (χ0n) is 13.4. The van der Waals surface area contributed by atoms with Crippen LogP contribution in [0.2, 0.25) is 10.0 Å². The summed E-state index contributed by atoms with van der Waals surface area (Å²) in [5.41, 5.74) is 1.75. The molecule has 1 heterocycles. The van der Waals surface area contributed by atoms with E-state index >= 15 is 0 Å². The zero-order chi connectivity index (χ0) is 18.5. The molecule has 2 amide bonds. The van der Waals surface area contributed by atoms with Crippen molar-refractivity contribution in [1.82, 2.24) is 4.98 Å². The van der Waals surface area contributed by atoms with E-state index in [1.807, 2.05) is 0 Å². The van der Waals surface area contributed by atoms with Gasteiger partial charge in [-0.25, -0.2) is 0 Å². The van der Waals surface area contributed by atoms with Gasteiger partial charge < -0.3 is 10.6 Å². The fourth-order valence-electron chi connectivity index (χ4n) is 2.19. The molecule has 0 fully saturated rings. The molecule has 0 aliphatic rings. The molecule has 0 aliphatic heterocycles. The second-order valence-corrected chi connectivity index (χ2v) is 6.20. The van der Waals surface area contributed by atoms with Gasteiger partial charge in [-0.2, -0.15) is 0 Å². The Morgan fingerprint density at radius 1 is 0.846 bits per heavy atom. The number of hydrogen-bond donors (Lipinski definition) is 2. The van der Waals surface area contributed by atoms with Gasteiger partial charge in [0.15, 0.2) is 0 Å². The fraction of sp³-hybridized carbons (Fsp3) is 0. The van der Waals surface area contributed by atoms with Gasteiger partial charge in [-0.15, -0.1) is 0 Å². The van der Waals surface area contributed by atoms with Crippen LogP contribution in [0.5, 0.6) is 0 Å². The van der Waals surface area contributed by atoms with Crippen LogP contribution in [0.15, 0.2) is 67.0 Å². The number of benzene rings is 2. The lowest BCUT2D eigenvalue weighted by molar-refractivity contribution is 0.101. The molecule has 0 radical (unpaired) electrons. The molecule has 0 atom stereocenters. The van der Waals surface area contributed by atoms with Crippen molar-refractivity contribution in [3.63, 3.8) is 0 Å². The van der Waals surface area contributed by atoms with Crippen molar-refractivity contribution in [3.8, 4) is 0 Å². The van der Waals surface area contributed by atoms with E-state index in [9.17, 15) is 9.59 Å². The molecular weight excluding hydrogens is 373 g/mol. The predicted molar refractivity (Wildman–Crippen MR) is 103 cm³/mol. The average molecular weight is 386 g/mol. The van der Waals surface area contributed by atoms with E-state index in [2.05, 4.69) is 15.6 Å². The van der Waals surface area contributed by atoms with Crippen LogP contribution < -0.4 is 10.6 Å². The van der Waals surface area contributed by atoms with Crippen LogP contribution in [0.3, 0.4) is 0 Å². The number of anilines is 2. The molecule has 3 aromatic rings. The highest BCUT2D eigenvalue weighted by molar-refractivity contribution is 6.34. The monoisotopic (exact) mass is 385 g/mol. The Morgan fingerprint density at radius 3 is 2.27 bits per heavy atom. The Morgan fingerprint density at radius 2 is 1.58 bits per heavy atom. The predicted octanol–water partition coefficient (Wildman–Crippen LogP) is 4.89. The molecule has 2 N–H and O–H groups in total. The molecule has 130 valence electrons. The fourth-order valence-corrected chi connectivity index (χ4v) is 2.49. The van der Waals surface area contributed by atoms with Crippen molar-refractivity contribution >= 4 is 46.4 Å². The smallest absolute Gasteiger partial charge is 0.257 e. The summed E-state index contributed by atoms with van der Waals surface area (Å²) in [5, 5.41) is 6.36. The number of halogens is 2. The molecule has 0 bridgehead atoms. The lowest BCUT2D eigenvalue weighted by Crippen LogP contribution is -2.14. The first kappa shape index (κ1) is 17.9. The van der Waals surface area contributed by atoms with Crippen molar-refractivity contribution in [2.75, 3.05) is 10.6 Å². The molecule has 3 rings (SSSR count). The van der Waals surface area contributed by atoms with Crippen molar-refractivity contribution < 1.29 is 9.59 Å². The highest BCUT2D eigenvalue weighted by atomic mass is 35.5. The molecule has 5 nitrogen and oxygen atoms in total. The van der Waals surface area contributed by atoms with Crippen LogP contribution in [-0.4, -0.2) is 16.8 Å². The summed E-state index contributed by atoms with van der Waals surface area (Å²) in [6.45, 7) is 0. The first-order valence-electron chi connectivity index (χ1n) is 7.61. The Labute approximate surface area is 160 Å². The molecule has 0 saturated carbocycles. The SMILES string of the molecule is O=C(Nc1ccc(Cl)c(NC(=O)c2ccc(Cl)cc2)c1)c1cccnc1. The number of nitrogens with zero attached hydrogens (tertiary/aromatic N) is 1. The summed E-state index contributed by atoms with van der Waals surface area (Å²) >= 11 is 12.0. The number of pyridine rings is 1. The van der Waals surface area contributed by atoms with E-state index < -0.39 is 0 Å². The minimum Gasteiger partial charge on any atom is -0.322 e. The third-order valence-electron chi connectivity index (χ3n) is 3.50. The van der Waals surface area contributed by atoms with Gasteiger partial charge in [0.1, 0.15) is 0 Å². The normalized spacial score (nSPS) is 10.2. The maximum Gasteiger partial charge on any atom is 0.257 e. The van der Waals surface area contributed by atoms with Crippen molar-refractivity contribution in [2.24, 2.45) is 0 Å². The van der Waals surface area contributed by atoms with Gasteiger partial charge in [0.25, 0.3) is 11.8 Å². The zero-order valence-corrected chi connectivity index (χ0v) is 14.9. The number of aromatic nitrogens is 1. The highest BCUT2D eigenvalue weighted by Crippen LogP contribution is 2.26. The topological polar surface area (TPSA) is 71.1 Å². The Kier molecular flexibility index (Phi) is 5.51. The molecule has 0 aliphatic carbocycles. The van der Waals surface area contributed by atoms with Crippen LogP contribution in [0.25, 0.3) is 0 Å². The summed E-state index contributed by atoms with van der Waals surface area (Å²) < 4.78 is 0. The van der Waals surface area contributed by atoms with Gasteiger partial charge in [0, 0.05) is 28.7 Å². The number of nitrogens with one attached hydrogen (secondary N) is 2. The number of carbonyl (C=O) groups excluding carboxylic acids is 2. The summed E-state index contributed by atoms with van der Waals surface area (Å²) in [5.74, 6) is -0.644. The van der Waals surface area contributed by atoms with Crippen molar-refractivity contribution in [3.05, 3.63) is 88.2 Å². The Hall–Kier alpha value is -2.89. The quantitative estimate of drug-likeness (QED) is 0.671. The third-order valence-corrected chi connectivity index (χ3v) is 4.08. The van der Waals surface area contributed by atoms with Gasteiger partial charge in [-0.3, -0.25) is 14.6 Å². The van der Waals surface area contributed by atoms with E-state index in [-0.39, 0.29) is 11.8 Å². The molecule has 0 saturated heterocycles. The van der Waals surface area contributed by atoms with Crippen LogP contribution in [0, 0.1) is 0 Å². The van der Waals surface area contributed by atoms with Crippen molar-refractivity contribution in [2.45, 2.75) is 0 Å². The van der Waals surface area contributed by atoms with Crippen LogP contribution >= 0.6 is 23.2 Å². The first-order valence-corrected chi connectivity index (χ1v) is 8.36. The van der Waals surface area contributed by atoms with Gasteiger partial charge in [-0.05, 0) is 54.6 Å². The minimum atomic E-state index is -0.334. The standard InChI is InChI=1S/C19H13Cl2N3O2/c20-14-5-3-12(4-6-14)18(25)24-17-10-15(7-8-16(17)21)23-19(26)13-2-1-9-22-11-13/h1-11H,(H,23,26)(H,24,25). The molecule has 7 heteroatoms. The van der Waals surface area contributed by atoms with E-state index in [1.165, 1.54) is 6.20 Å². The number of carbonyl (C=O) groups is 2. The van der Waals surface area contributed by atoms with Gasteiger partial charge in [-0.1, -0.05) is 23.2 Å². The summed E-state index contributed by atoms with van der Waals surface area (Å²) in [6.07, 6.45) is 3.05. The molecule has 26 heavy (non-hydrogen) atoms. The maximum absolute atomic E-state index is 12.3. The van der Waals surface area contributed by atoms with Crippen molar-refractivity contribution in [1.29, 1.82) is 0 Å². The van der Waals surface area contributed by atoms with E-state index in [1.54, 1.807) is 60.8 Å². The van der Waals surface area contributed by atoms with Gasteiger partial charge in [0.05, 0.1) is 16.3 Å². The molecule has 2 aromatic carbocycles. The molecule has 0 spiro atoms. The van der Waals surface area contributed by atoms with Crippen LogP contribution in [0.4, 0.5) is 11.4 Å². The van der Waals surface area contributed by atoms with Crippen LogP contribution in [-0.2, 0) is 0 Å². The van der Waals surface area contributed by atoms with E-state index in [4.69, 9.17) is 23.2 Å². The number of hydrogen-bond acceptors (Lipinski definition) is 3. The van der Waals surface area contributed by atoms with Gasteiger partial charge >= 0.3 is 0 Å². The first-order chi connectivity index (χ1) is 12.5. The molecule has 0 unspecified atom stereocenters. The summed E-state index contributed by atoms with van der Waals surface area (Å²) in [7, 11) is 0. The van der Waals surface area contributed by atoms with E-state index in [0.717, 1.165) is 0 Å². The van der Waals surface area contributed by atoms with Gasteiger partial charge in [0.2, 0.25) is 0 Å². The number of amides is 2. The highest BCUT2D eigenvalue weighted by Gasteiger charge is 2.11. The Balaban J connectivity index is 1.76. The van der Waals surface area contributed by atoms with Crippen LogP contribution in [0.1, 0.15) is 20.7 Å². The average Bonchev–Trinajstić information content (AvgIpc) is 2.65. The maximum atomic E-state index is 12.3. The third kappa shape index (κ3) is 4.39. The Bertz CT molecular complexity index is 945. The molecule has 1 aromatic heterocycles. The summed E-state index contributed by atoms with van der Waals surface area (Å²) in [6, 6.07) is 14.6. The largest absolute Gasteiger partial charge is 0.322 e. The minimum absolute atomic E-state index is 0.310. The lowest BCUT2D eigenvalue weighted by Gasteiger charge is -2.11. The lowest BCUT2D eigenvalue weighted by atomic mass is 10.2. The summed E-state index contributed by atoms with van der Waals surface area (Å²) in [4.78, 5) is 28.4. The second kappa shape index (κ2) is 7.99. The van der Waals surface area contributed by atoms with E-state index in [0.29, 0.717) is 32.5 Å². The second-order valence-electron chi connectivity index (χ2n) is 5.35. The number of rotatable bonds is 4. The molecular formula is C19H13Cl2N3O2.